The Hall–Kier alpha value is -3.29. The first-order valence-electron chi connectivity index (χ1n) is 12.4. The normalized spacial score (nSPS) is 24.9. The molecule has 0 unspecified atom stereocenters. The van der Waals surface area contributed by atoms with Crippen LogP contribution < -0.4 is 11.2 Å². The molecule has 0 saturated heterocycles. The van der Waals surface area contributed by atoms with E-state index in [0.717, 1.165) is 16.6 Å². The van der Waals surface area contributed by atoms with Crippen molar-refractivity contribution in [3.63, 3.8) is 0 Å². The van der Waals surface area contributed by atoms with Gasteiger partial charge in [0.2, 0.25) is 0 Å². The quantitative estimate of drug-likeness (QED) is 0.501. The fourth-order valence-electron chi connectivity index (χ4n) is 5.59. The number of carbonyl (C=O) groups excluding carboxylic acids is 1. The van der Waals surface area contributed by atoms with Crippen molar-refractivity contribution in [3.8, 4) is 0 Å². The number of fused-ring (bicyclic) bond motifs is 1. The third kappa shape index (κ3) is 4.61. The molecule has 5 rings (SSSR count). The van der Waals surface area contributed by atoms with Crippen LogP contribution in [0.1, 0.15) is 55.6 Å². The molecule has 0 spiro atoms. The van der Waals surface area contributed by atoms with Crippen LogP contribution in [-0.2, 0) is 16.1 Å². The molecule has 0 aliphatic heterocycles. The fraction of sp³-hybridized carbons (Fsp3) is 0.414. The van der Waals surface area contributed by atoms with Crippen LogP contribution in [0.3, 0.4) is 0 Å². The molecule has 2 aliphatic carbocycles. The van der Waals surface area contributed by atoms with E-state index < -0.39 is 17.2 Å². The zero-order chi connectivity index (χ0) is 25.5. The van der Waals surface area contributed by atoms with Crippen LogP contribution in [0, 0.1) is 11.3 Å². The first-order chi connectivity index (χ1) is 17.2. The smallest absolute Gasteiger partial charge is 0.338 e. The summed E-state index contributed by atoms with van der Waals surface area (Å²) in [4.78, 5) is 39.1. The van der Waals surface area contributed by atoms with Crippen molar-refractivity contribution in [2.45, 2.75) is 58.0 Å². The average Bonchev–Trinajstić information content (AvgIpc) is 3.51. The predicted octanol–water partition coefficient (Wildman–Crippen LogP) is 4.05. The Labute approximate surface area is 210 Å². The predicted molar refractivity (Wildman–Crippen MR) is 136 cm³/mol. The number of aromatic nitrogens is 2. The molecule has 0 bridgehead atoms. The lowest BCUT2D eigenvalue weighted by Gasteiger charge is -2.31. The number of benzene rings is 2. The minimum absolute atomic E-state index is 0.0969. The zero-order valence-electron chi connectivity index (χ0n) is 20.9. The first kappa shape index (κ1) is 24.4. The number of hydrogen-bond acceptors (Lipinski definition) is 5. The van der Waals surface area contributed by atoms with Crippen LogP contribution in [-0.4, -0.2) is 33.4 Å². The molecule has 1 heterocycles. The van der Waals surface area contributed by atoms with Gasteiger partial charge in [-0.15, -0.1) is 0 Å². The summed E-state index contributed by atoms with van der Waals surface area (Å²) in [6, 6.07) is 19.6. The van der Waals surface area contributed by atoms with Gasteiger partial charge in [0.1, 0.15) is 0 Å². The van der Waals surface area contributed by atoms with Gasteiger partial charge < -0.3 is 9.47 Å². The van der Waals surface area contributed by atoms with E-state index in [4.69, 9.17) is 9.47 Å². The Kier molecular flexibility index (Phi) is 6.30. The maximum Gasteiger partial charge on any atom is 0.338 e. The molecule has 2 saturated carbocycles. The molecule has 4 atom stereocenters. The molecule has 0 amide bonds. The molecule has 36 heavy (non-hydrogen) atoms. The number of nitrogens with zero attached hydrogens (tertiary/aromatic N) is 2. The molecular weight excluding hydrogens is 456 g/mol. The first-order valence-corrected chi connectivity index (χ1v) is 12.4. The summed E-state index contributed by atoms with van der Waals surface area (Å²) in [6.45, 7) is 7.13. The largest absolute Gasteiger partial charge is 0.376 e. The van der Waals surface area contributed by atoms with E-state index in [1.807, 2.05) is 51.1 Å². The third-order valence-electron chi connectivity index (χ3n) is 7.31. The Bertz CT molecular complexity index is 1360. The summed E-state index contributed by atoms with van der Waals surface area (Å²) < 4.78 is 15.0. The molecule has 3 aromatic rings. The Morgan fingerprint density at radius 1 is 1.00 bits per heavy atom. The second kappa shape index (κ2) is 9.30. The van der Waals surface area contributed by atoms with Gasteiger partial charge in [0.05, 0.1) is 24.9 Å². The SMILES string of the molecule is CC(C)(C)O[C@H]1C[C@H](n2ccc(=O)n(C(=O)c3ccccc3)c2=O)[C@H]2C[C@@]12COCc1ccccc1. The van der Waals surface area contributed by atoms with Gasteiger partial charge in [0.15, 0.2) is 0 Å². The summed E-state index contributed by atoms with van der Waals surface area (Å²) in [5.41, 5.74) is -0.382. The maximum atomic E-state index is 13.5. The Morgan fingerprint density at radius 3 is 2.33 bits per heavy atom. The Balaban J connectivity index is 1.43. The molecule has 2 aliphatic rings. The minimum atomic E-state index is -0.626. The number of rotatable bonds is 7. The molecule has 1 aromatic heterocycles. The highest BCUT2D eigenvalue weighted by molar-refractivity contribution is 5.95. The lowest BCUT2D eigenvalue weighted by molar-refractivity contribution is -0.104. The molecule has 0 N–H and O–H groups in total. The van der Waals surface area contributed by atoms with E-state index in [1.165, 1.54) is 12.3 Å². The lowest BCUT2D eigenvalue weighted by Crippen LogP contribution is -2.44. The minimum Gasteiger partial charge on any atom is -0.376 e. The highest BCUT2D eigenvalue weighted by atomic mass is 16.5. The van der Waals surface area contributed by atoms with Gasteiger partial charge in [-0.2, -0.15) is 4.57 Å². The Morgan fingerprint density at radius 2 is 1.67 bits per heavy atom. The summed E-state index contributed by atoms with van der Waals surface area (Å²) >= 11 is 0. The lowest BCUT2D eigenvalue weighted by atomic mass is 10.0. The molecular formula is C29H32N2O5. The van der Waals surface area contributed by atoms with Crippen LogP contribution >= 0.6 is 0 Å². The van der Waals surface area contributed by atoms with E-state index in [9.17, 15) is 14.4 Å². The number of hydrogen-bond donors (Lipinski definition) is 0. The van der Waals surface area contributed by atoms with Crippen molar-refractivity contribution >= 4 is 5.91 Å². The van der Waals surface area contributed by atoms with Gasteiger partial charge in [0.25, 0.3) is 11.5 Å². The van der Waals surface area contributed by atoms with Crippen molar-refractivity contribution in [1.82, 2.24) is 9.13 Å². The summed E-state index contributed by atoms with van der Waals surface area (Å²) in [5, 5.41) is 0. The van der Waals surface area contributed by atoms with Gasteiger partial charge in [-0.3, -0.25) is 14.2 Å². The van der Waals surface area contributed by atoms with Crippen LogP contribution in [0.15, 0.2) is 82.5 Å². The molecule has 0 radical (unpaired) electrons. The van der Waals surface area contributed by atoms with Crippen LogP contribution in [0.4, 0.5) is 0 Å². The van der Waals surface area contributed by atoms with E-state index in [2.05, 4.69) is 0 Å². The van der Waals surface area contributed by atoms with Crippen molar-refractivity contribution in [3.05, 3.63) is 105 Å². The third-order valence-corrected chi connectivity index (χ3v) is 7.31. The van der Waals surface area contributed by atoms with Gasteiger partial charge in [-0.1, -0.05) is 48.5 Å². The summed E-state index contributed by atoms with van der Waals surface area (Å²) in [7, 11) is 0. The average molecular weight is 489 g/mol. The van der Waals surface area contributed by atoms with Crippen molar-refractivity contribution < 1.29 is 14.3 Å². The number of carbonyl (C=O) groups is 1. The second-order valence-electron chi connectivity index (χ2n) is 10.9. The summed E-state index contributed by atoms with van der Waals surface area (Å²) in [5.74, 6) is -0.454. The fourth-order valence-corrected chi connectivity index (χ4v) is 5.59. The highest BCUT2D eigenvalue weighted by Gasteiger charge is 2.69. The second-order valence-corrected chi connectivity index (χ2v) is 10.9. The van der Waals surface area contributed by atoms with Gasteiger partial charge >= 0.3 is 5.69 Å². The molecule has 188 valence electrons. The van der Waals surface area contributed by atoms with Crippen LogP contribution in [0.25, 0.3) is 0 Å². The van der Waals surface area contributed by atoms with Crippen LogP contribution in [0.2, 0.25) is 0 Å². The van der Waals surface area contributed by atoms with E-state index >= 15 is 0 Å². The van der Waals surface area contributed by atoms with Gasteiger partial charge in [-0.25, -0.2) is 4.79 Å². The van der Waals surface area contributed by atoms with Crippen molar-refractivity contribution in [2.75, 3.05) is 6.61 Å². The standard InChI is InChI=1S/C29H32N2O5/c1-28(2,3)36-24-16-23(22-17-29(22,24)19-35-18-20-10-6-4-7-11-20)30-15-14-25(32)31(27(30)34)26(33)21-12-8-5-9-13-21/h4-15,22-24H,16-19H2,1-3H3/t22-,23+,24+,29+/m1/s1. The van der Waals surface area contributed by atoms with E-state index in [1.54, 1.807) is 34.9 Å². The number of ether oxygens (including phenoxy) is 2. The molecule has 7 nitrogen and oxygen atoms in total. The molecule has 2 aromatic carbocycles. The van der Waals surface area contributed by atoms with Crippen molar-refractivity contribution in [1.29, 1.82) is 0 Å². The highest BCUT2D eigenvalue weighted by Crippen LogP contribution is 2.68. The zero-order valence-corrected chi connectivity index (χ0v) is 20.9. The molecule has 2 fully saturated rings. The van der Waals surface area contributed by atoms with Crippen molar-refractivity contribution in [2.24, 2.45) is 11.3 Å². The van der Waals surface area contributed by atoms with E-state index in [0.29, 0.717) is 25.2 Å². The van der Waals surface area contributed by atoms with Gasteiger partial charge in [0, 0.05) is 29.3 Å². The van der Waals surface area contributed by atoms with E-state index in [-0.39, 0.29) is 29.1 Å². The van der Waals surface area contributed by atoms with Gasteiger partial charge in [-0.05, 0) is 57.2 Å². The topological polar surface area (TPSA) is 79.5 Å². The monoisotopic (exact) mass is 488 g/mol. The van der Waals surface area contributed by atoms with Crippen LogP contribution in [0.5, 0.6) is 0 Å². The molecule has 7 heteroatoms. The summed E-state index contributed by atoms with van der Waals surface area (Å²) in [6.07, 6.45) is 2.91. The maximum absolute atomic E-state index is 13.5.